The summed E-state index contributed by atoms with van der Waals surface area (Å²) in [6, 6.07) is 4.69. The average molecular weight is 415 g/mol. The highest BCUT2D eigenvalue weighted by molar-refractivity contribution is 8.00. The molecule has 1 aromatic carbocycles. The van der Waals surface area contributed by atoms with Crippen LogP contribution in [-0.2, 0) is 14.8 Å². The van der Waals surface area contributed by atoms with Gasteiger partial charge in [-0.05, 0) is 37.6 Å². The zero-order chi connectivity index (χ0) is 20.4. The molecule has 0 radical (unpaired) electrons. The van der Waals surface area contributed by atoms with Crippen molar-refractivity contribution in [3.8, 4) is 17.6 Å². The number of thioether (sulfide) groups is 1. The monoisotopic (exact) mass is 414 g/mol. The van der Waals surface area contributed by atoms with Crippen LogP contribution in [0, 0.1) is 11.8 Å². The molecule has 0 aliphatic carbocycles. The van der Waals surface area contributed by atoms with E-state index < -0.39 is 22.0 Å². The Kier molecular flexibility index (Phi) is 9.66. The molecule has 3 N–H and O–H groups in total. The molecule has 0 heterocycles. The van der Waals surface area contributed by atoms with Gasteiger partial charge in [-0.15, -0.1) is 5.92 Å². The van der Waals surface area contributed by atoms with E-state index in [1.165, 1.54) is 41.5 Å². The molecule has 7 nitrogen and oxygen atoms in total. The maximum Gasteiger partial charge on any atom is 0.262 e. The second-order valence-corrected chi connectivity index (χ2v) is 9.36. The van der Waals surface area contributed by atoms with E-state index in [2.05, 4.69) is 16.6 Å². The summed E-state index contributed by atoms with van der Waals surface area (Å²) in [5.74, 6) is 5.13. The minimum atomic E-state index is -3.96. The van der Waals surface area contributed by atoms with Gasteiger partial charge in [-0.1, -0.05) is 26.7 Å². The standard InChI is InChI=1S/C18H26N2O5S2/c1-5-7-12-25-15-8-10-16(11-9-15)27(23,24)20-17(18(21)19-22)14(4)26-13(3)6-2/h8-11,13-14,17,20,22H,6,12H2,1-4H3,(H,19,21). The van der Waals surface area contributed by atoms with Crippen molar-refractivity contribution in [3.05, 3.63) is 24.3 Å². The first kappa shape index (κ1) is 23.3. The Bertz CT molecular complexity index is 769. The summed E-state index contributed by atoms with van der Waals surface area (Å²) in [7, 11) is -3.96. The van der Waals surface area contributed by atoms with Crippen LogP contribution >= 0.6 is 11.8 Å². The lowest BCUT2D eigenvalue weighted by molar-refractivity contribution is -0.130. The van der Waals surface area contributed by atoms with Gasteiger partial charge in [-0.3, -0.25) is 10.0 Å². The van der Waals surface area contributed by atoms with Gasteiger partial charge < -0.3 is 4.74 Å². The summed E-state index contributed by atoms with van der Waals surface area (Å²) < 4.78 is 33.0. The van der Waals surface area contributed by atoms with Crippen molar-refractivity contribution in [2.24, 2.45) is 0 Å². The molecule has 0 aromatic heterocycles. The summed E-state index contributed by atoms with van der Waals surface area (Å²) in [4.78, 5) is 12.0. The van der Waals surface area contributed by atoms with Gasteiger partial charge in [0.1, 0.15) is 18.4 Å². The van der Waals surface area contributed by atoms with Crippen LogP contribution in [0.1, 0.15) is 34.1 Å². The van der Waals surface area contributed by atoms with E-state index in [1.807, 2.05) is 13.8 Å². The molecular formula is C18H26N2O5S2. The second kappa shape index (κ2) is 11.2. The SMILES string of the molecule is CC#CCOc1ccc(S(=O)(=O)NC(C(=O)NO)C(C)SC(C)CC)cc1. The lowest BCUT2D eigenvalue weighted by Crippen LogP contribution is -2.51. The fraction of sp³-hybridized carbons (Fsp3) is 0.500. The number of carbonyl (C=O) groups is 1. The fourth-order valence-corrected chi connectivity index (χ4v) is 4.75. The maximum atomic E-state index is 12.6. The van der Waals surface area contributed by atoms with Crippen LogP contribution in [0.25, 0.3) is 0 Å². The Morgan fingerprint density at radius 3 is 2.44 bits per heavy atom. The molecule has 3 atom stereocenters. The third-order valence-corrected chi connectivity index (χ3v) is 6.74. The van der Waals surface area contributed by atoms with Gasteiger partial charge in [-0.2, -0.15) is 16.5 Å². The highest BCUT2D eigenvalue weighted by Crippen LogP contribution is 2.24. The van der Waals surface area contributed by atoms with Gasteiger partial charge >= 0.3 is 0 Å². The number of sulfonamides is 1. The van der Waals surface area contributed by atoms with Gasteiger partial charge in [0.05, 0.1) is 4.90 Å². The van der Waals surface area contributed by atoms with E-state index in [-0.39, 0.29) is 22.0 Å². The zero-order valence-electron chi connectivity index (χ0n) is 15.9. The number of carbonyl (C=O) groups excluding carboxylic acids is 1. The van der Waals surface area contributed by atoms with Crippen molar-refractivity contribution in [2.45, 2.75) is 55.6 Å². The summed E-state index contributed by atoms with van der Waals surface area (Å²) in [5, 5.41) is 8.84. The van der Waals surface area contributed by atoms with E-state index in [9.17, 15) is 13.2 Å². The number of ether oxygens (including phenoxy) is 1. The summed E-state index contributed by atoms with van der Waals surface area (Å²) in [6.45, 7) is 7.65. The predicted molar refractivity (Wildman–Crippen MR) is 106 cm³/mol. The maximum absolute atomic E-state index is 12.6. The number of hydrogen-bond acceptors (Lipinski definition) is 6. The molecule has 0 spiro atoms. The van der Waals surface area contributed by atoms with Crippen LogP contribution in [0.4, 0.5) is 0 Å². The molecule has 0 aliphatic rings. The lowest BCUT2D eigenvalue weighted by Gasteiger charge is -2.25. The second-order valence-electron chi connectivity index (χ2n) is 5.82. The largest absolute Gasteiger partial charge is 0.481 e. The Hall–Kier alpha value is -1.73. The third-order valence-electron chi connectivity index (χ3n) is 3.79. The molecule has 9 heteroatoms. The first-order valence-electron chi connectivity index (χ1n) is 8.49. The van der Waals surface area contributed by atoms with E-state index in [1.54, 1.807) is 13.8 Å². The van der Waals surface area contributed by atoms with Crippen LogP contribution in [0.15, 0.2) is 29.2 Å². The van der Waals surface area contributed by atoms with Crippen molar-refractivity contribution >= 4 is 27.7 Å². The Morgan fingerprint density at radius 1 is 1.30 bits per heavy atom. The van der Waals surface area contributed by atoms with Crippen molar-refractivity contribution in [3.63, 3.8) is 0 Å². The van der Waals surface area contributed by atoms with Gasteiger partial charge in [0.2, 0.25) is 10.0 Å². The molecule has 0 saturated heterocycles. The highest BCUT2D eigenvalue weighted by Gasteiger charge is 2.31. The lowest BCUT2D eigenvalue weighted by atomic mass is 10.2. The summed E-state index contributed by atoms with van der Waals surface area (Å²) in [5.41, 5.74) is 1.54. The predicted octanol–water partition coefficient (Wildman–Crippen LogP) is 2.16. The molecule has 0 saturated carbocycles. The van der Waals surface area contributed by atoms with Gasteiger partial charge in [0.25, 0.3) is 5.91 Å². The van der Waals surface area contributed by atoms with Crippen LogP contribution in [0.3, 0.4) is 0 Å². The van der Waals surface area contributed by atoms with Crippen LogP contribution in [0.5, 0.6) is 5.75 Å². The van der Waals surface area contributed by atoms with Gasteiger partial charge in [-0.25, -0.2) is 13.9 Å². The molecule has 0 fully saturated rings. The topological polar surface area (TPSA) is 105 Å². The number of rotatable bonds is 10. The summed E-state index contributed by atoms with van der Waals surface area (Å²) >= 11 is 1.47. The first-order chi connectivity index (χ1) is 12.7. The molecule has 27 heavy (non-hydrogen) atoms. The quantitative estimate of drug-likeness (QED) is 0.308. The van der Waals surface area contributed by atoms with E-state index >= 15 is 0 Å². The Balaban J connectivity index is 2.95. The van der Waals surface area contributed by atoms with Crippen LogP contribution < -0.4 is 14.9 Å². The average Bonchev–Trinajstić information content (AvgIpc) is 2.66. The van der Waals surface area contributed by atoms with Gasteiger partial charge in [0, 0.05) is 10.5 Å². The number of hydroxylamine groups is 1. The molecule has 0 bridgehead atoms. The van der Waals surface area contributed by atoms with Crippen molar-refractivity contribution in [2.75, 3.05) is 6.61 Å². The van der Waals surface area contributed by atoms with Crippen molar-refractivity contribution in [1.29, 1.82) is 0 Å². The number of amides is 1. The molecule has 1 aromatic rings. The molecule has 3 unspecified atom stereocenters. The summed E-state index contributed by atoms with van der Waals surface area (Å²) in [6.07, 6.45) is 0.874. The van der Waals surface area contributed by atoms with E-state index in [4.69, 9.17) is 9.94 Å². The normalized spacial score (nSPS) is 14.4. The minimum absolute atomic E-state index is 0.00657. The third kappa shape index (κ3) is 7.42. The number of benzene rings is 1. The highest BCUT2D eigenvalue weighted by atomic mass is 32.2. The van der Waals surface area contributed by atoms with Gasteiger partial charge in [0.15, 0.2) is 0 Å². The molecule has 1 amide bonds. The molecule has 0 aliphatic heterocycles. The zero-order valence-corrected chi connectivity index (χ0v) is 17.5. The Morgan fingerprint density at radius 2 is 1.93 bits per heavy atom. The molecule has 1 rings (SSSR count). The van der Waals surface area contributed by atoms with Crippen LogP contribution in [0.2, 0.25) is 0 Å². The van der Waals surface area contributed by atoms with E-state index in [0.29, 0.717) is 5.75 Å². The minimum Gasteiger partial charge on any atom is -0.481 e. The smallest absolute Gasteiger partial charge is 0.262 e. The number of nitrogens with one attached hydrogen (secondary N) is 2. The van der Waals surface area contributed by atoms with E-state index in [0.717, 1.165) is 6.42 Å². The molecule has 150 valence electrons. The fourth-order valence-electron chi connectivity index (χ4n) is 2.12. The number of hydrogen-bond donors (Lipinski definition) is 3. The first-order valence-corrected chi connectivity index (χ1v) is 10.9. The van der Waals surface area contributed by atoms with Crippen LogP contribution in [-0.4, -0.2) is 42.7 Å². The molecular weight excluding hydrogens is 388 g/mol. The van der Waals surface area contributed by atoms with Crippen molar-refractivity contribution < 1.29 is 23.2 Å². The van der Waals surface area contributed by atoms with Crippen molar-refractivity contribution in [1.82, 2.24) is 10.2 Å². The Labute approximate surface area is 165 Å².